The standard InChI is InChI=1S/C26H32N8O/c1-33(25-27-13-12-23(30-25)29-24-14-22(31-32-24)17-6-7-17)21-10-8-20(9-11-21)28-26(35)34-15-18-4-2-3-5-19(18)16-34/h2-5,12-14,17,20-21H,6-11,15-16H2,1H3,(H,28,35)(H2,27,29,30,31,32)/t20-,21-. The summed E-state index contributed by atoms with van der Waals surface area (Å²) in [5.74, 6) is 2.87. The second kappa shape index (κ2) is 9.20. The molecule has 2 amide bonds. The number of aromatic nitrogens is 4. The molecule has 2 fully saturated rings. The van der Waals surface area contributed by atoms with Crippen molar-refractivity contribution in [1.82, 2.24) is 30.4 Å². The van der Waals surface area contributed by atoms with Gasteiger partial charge in [-0.1, -0.05) is 24.3 Å². The molecule has 3 heterocycles. The molecule has 0 unspecified atom stereocenters. The second-order valence-corrected chi connectivity index (χ2v) is 10.0. The molecule has 1 aliphatic heterocycles. The molecule has 182 valence electrons. The summed E-state index contributed by atoms with van der Waals surface area (Å²) in [5, 5.41) is 14.0. The molecule has 2 aliphatic carbocycles. The monoisotopic (exact) mass is 472 g/mol. The van der Waals surface area contributed by atoms with E-state index in [-0.39, 0.29) is 12.1 Å². The van der Waals surface area contributed by atoms with Gasteiger partial charge in [-0.05, 0) is 55.7 Å². The topological polar surface area (TPSA) is 102 Å². The van der Waals surface area contributed by atoms with Crippen molar-refractivity contribution >= 4 is 23.6 Å². The molecule has 3 N–H and O–H groups in total. The summed E-state index contributed by atoms with van der Waals surface area (Å²) in [6.07, 6.45) is 8.16. The third kappa shape index (κ3) is 4.80. The highest BCUT2D eigenvalue weighted by Gasteiger charge is 2.29. The molecule has 9 nitrogen and oxygen atoms in total. The van der Waals surface area contributed by atoms with Crippen molar-refractivity contribution in [1.29, 1.82) is 0 Å². The van der Waals surface area contributed by atoms with Gasteiger partial charge in [0.1, 0.15) is 5.82 Å². The number of hydrogen-bond donors (Lipinski definition) is 3. The van der Waals surface area contributed by atoms with Gasteiger partial charge in [-0.25, -0.2) is 9.78 Å². The Morgan fingerprint density at radius 3 is 2.49 bits per heavy atom. The third-order valence-electron chi connectivity index (χ3n) is 7.53. The van der Waals surface area contributed by atoms with Crippen LogP contribution in [-0.4, -0.2) is 50.2 Å². The fourth-order valence-electron chi connectivity index (χ4n) is 5.24. The quantitative estimate of drug-likeness (QED) is 0.495. The molecule has 35 heavy (non-hydrogen) atoms. The summed E-state index contributed by atoms with van der Waals surface area (Å²) >= 11 is 0. The molecule has 3 aromatic rings. The molecule has 1 aromatic carbocycles. The maximum atomic E-state index is 12.8. The minimum Gasteiger partial charge on any atom is -0.341 e. The van der Waals surface area contributed by atoms with Gasteiger partial charge in [0.25, 0.3) is 0 Å². The van der Waals surface area contributed by atoms with Crippen molar-refractivity contribution in [3.63, 3.8) is 0 Å². The van der Waals surface area contributed by atoms with E-state index in [9.17, 15) is 4.79 Å². The lowest BCUT2D eigenvalue weighted by molar-refractivity contribution is 0.189. The minimum absolute atomic E-state index is 0.0447. The fourth-order valence-corrected chi connectivity index (χ4v) is 5.24. The Labute approximate surface area is 205 Å². The Bertz CT molecular complexity index is 1170. The van der Waals surface area contributed by atoms with Gasteiger partial charge in [0, 0.05) is 56.1 Å². The molecule has 0 radical (unpaired) electrons. The maximum Gasteiger partial charge on any atom is 0.318 e. The van der Waals surface area contributed by atoms with Crippen LogP contribution in [0.1, 0.15) is 61.3 Å². The van der Waals surface area contributed by atoms with E-state index in [0.29, 0.717) is 31.0 Å². The molecule has 0 bridgehead atoms. The maximum absolute atomic E-state index is 12.8. The molecule has 9 heteroatoms. The van der Waals surface area contributed by atoms with Gasteiger partial charge in [-0.2, -0.15) is 10.1 Å². The van der Waals surface area contributed by atoms with Crippen molar-refractivity contribution in [3.05, 3.63) is 59.4 Å². The first-order valence-corrected chi connectivity index (χ1v) is 12.6. The lowest BCUT2D eigenvalue weighted by Gasteiger charge is -2.35. The predicted molar refractivity (Wildman–Crippen MR) is 135 cm³/mol. The Morgan fingerprint density at radius 2 is 1.77 bits per heavy atom. The van der Waals surface area contributed by atoms with Crippen LogP contribution in [0.4, 0.5) is 22.4 Å². The average molecular weight is 473 g/mol. The lowest BCUT2D eigenvalue weighted by atomic mass is 9.90. The van der Waals surface area contributed by atoms with Gasteiger partial charge in [0.05, 0.1) is 0 Å². The number of carbonyl (C=O) groups excluding carboxylic acids is 1. The van der Waals surface area contributed by atoms with Crippen LogP contribution in [0.15, 0.2) is 42.6 Å². The highest BCUT2D eigenvalue weighted by atomic mass is 16.2. The SMILES string of the molecule is CN(c1nccc(Nc2cc(C3CC3)[nH]n2)n1)[C@H]1CC[C@H](NC(=O)N2Cc3ccccc3C2)CC1. The Kier molecular flexibility index (Phi) is 5.75. The number of H-pyrrole nitrogens is 1. The first-order valence-electron chi connectivity index (χ1n) is 12.6. The number of rotatable bonds is 6. The van der Waals surface area contributed by atoms with E-state index in [1.54, 1.807) is 6.20 Å². The highest BCUT2D eigenvalue weighted by Crippen LogP contribution is 2.39. The fraction of sp³-hybridized carbons (Fsp3) is 0.462. The van der Waals surface area contributed by atoms with Crippen molar-refractivity contribution in [3.8, 4) is 0 Å². The largest absolute Gasteiger partial charge is 0.341 e. The molecule has 0 saturated heterocycles. The highest BCUT2D eigenvalue weighted by molar-refractivity contribution is 5.75. The molecular weight excluding hydrogens is 440 g/mol. The predicted octanol–water partition coefficient (Wildman–Crippen LogP) is 4.29. The number of nitrogens with one attached hydrogen (secondary N) is 3. The van der Waals surface area contributed by atoms with Gasteiger partial charge in [0.15, 0.2) is 5.82 Å². The van der Waals surface area contributed by atoms with Gasteiger partial charge < -0.3 is 20.4 Å². The van der Waals surface area contributed by atoms with E-state index in [2.05, 4.69) is 56.0 Å². The van der Waals surface area contributed by atoms with E-state index in [4.69, 9.17) is 4.98 Å². The normalized spacial score (nSPS) is 21.5. The molecule has 2 aromatic heterocycles. The number of benzene rings is 1. The minimum atomic E-state index is 0.0447. The molecule has 0 spiro atoms. The summed E-state index contributed by atoms with van der Waals surface area (Å²) in [7, 11) is 2.06. The molecule has 3 aliphatic rings. The van der Waals surface area contributed by atoms with Crippen molar-refractivity contribution in [2.75, 3.05) is 17.3 Å². The van der Waals surface area contributed by atoms with Crippen LogP contribution in [-0.2, 0) is 13.1 Å². The zero-order valence-electron chi connectivity index (χ0n) is 20.1. The van der Waals surface area contributed by atoms with Crippen LogP contribution in [0.5, 0.6) is 0 Å². The van der Waals surface area contributed by atoms with E-state index in [1.165, 1.54) is 29.7 Å². The van der Waals surface area contributed by atoms with E-state index < -0.39 is 0 Å². The number of hydrogen-bond acceptors (Lipinski definition) is 6. The van der Waals surface area contributed by atoms with Crippen molar-refractivity contribution in [2.45, 2.75) is 69.6 Å². The number of fused-ring (bicyclic) bond motifs is 1. The summed E-state index contributed by atoms with van der Waals surface area (Å²) in [6.45, 7) is 1.39. The Hall–Kier alpha value is -3.62. The number of anilines is 3. The molecule has 2 saturated carbocycles. The second-order valence-electron chi connectivity index (χ2n) is 10.0. The summed E-state index contributed by atoms with van der Waals surface area (Å²) in [5.41, 5.74) is 3.69. The number of carbonyl (C=O) groups is 1. The van der Waals surface area contributed by atoms with Gasteiger partial charge >= 0.3 is 6.03 Å². The van der Waals surface area contributed by atoms with Gasteiger partial charge in [-0.15, -0.1) is 0 Å². The summed E-state index contributed by atoms with van der Waals surface area (Å²) < 4.78 is 0. The Balaban J connectivity index is 1.01. The zero-order chi connectivity index (χ0) is 23.8. The lowest BCUT2D eigenvalue weighted by Crippen LogP contribution is -2.46. The summed E-state index contributed by atoms with van der Waals surface area (Å²) in [6, 6.07) is 12.8. The van der Waals surface area contributed by atoms with Crippen LogP contribution < -0.4 is 15.5 Å². The number of aromatic amines is 1. The smallest absolute Gasteiger partial charge is 0.318 e. The van der Waals surface area contributed by atoms with Gasteiger partial charge in [-0.3, -0.25) is 5.10 Å². The Morgan fingerprint density at radius 1 is 1.03 bits per heavy atom. The average Bonchev–Trinajstić information content (AvgIpc) is 3.47. The van der Waals surface area contributed by atoms with Crippen molar-refractivity contribution in [2.24, 2.45) is 0 Å². The van der Waals surface area contributed by atoms with Crippen molar-refractivity contribution < 1.29 is 4.79 Å². The molecular formula is C26H32N8O. The first-order chi connectivity index (χ1) is 17.1. The van der Waals surface area contributed by atoms with E-state index >= 15 is 0 Å². The van der Waals surface area contributed by atoms with Gasteiger partial charge in [0.2, 0.25) is 5.95 Å². The molecule has 0 atom stereocenters. The zero-order valence-corrected chi connectivity index (χ0v) is 20.1. The number of amides is 2. The summed E-state index contributed by atoms with van der Waals surface area (Å²) in [4.78, 5) is 26.1. The van der Waals surface area contributed by atoms with E-state index in [0.717, 1.165) is 37.3 Å². The van der Waals surface area contributed by atoms with Crippen LogP contribution in [0, 0.1) is 0 Å². The molecule has 6 rings (SSSR count). The van der Waals surface area contributed by atoms with E-state index in [1.807, 2.05) is 23.1 Å². The van der Waals surface area contributed by atoms with Crippen LogP contribution >= 0.6 is 0 Å². The van der Waals surface area contributed by atoms with Crippen LogP contribution in [0.3, 0.4) is 0 Å². The number of nitrogens with zero attached hydrogens (tertiary/aromatic N) is 5. The third-order valence-corrected chi connectivity index (χ3v) is 7.53. The van der Waals surface area contributed by atoms with Crippen LogP contribution in [0.25, 0.3) is 0 Å². The number of urea groups is 1. The first kappa shape index (κ1) is 21.9. The van der Waals surface area contributed by atoms with Crippen LogP contribution in [0.2, 0.25) is 0 Å².